The number of rotatable bonds is 10. The summed E-state index contributed by atoms with van der Waals surface area (Å²) < 4.78 is 37.5. The van der Waals surface area contributed by atoms with Gasteiger partial charge in [0.1, 0.15) is 5.75 Å². The summed E-state index contributed by atoms with van der Waals surface area (Å²) in [6.45, 7) is 2.28. The number of benzene rings is 2. The highest BCUT2D eigenvalue weighted by Gasteiger charge is 2.14. The third-order valence-electron chi connectivity index (χ3n) is 3.64. The summed E-state index contributed by atoms with van der Waals surface area (Å²) >= 11 is 0. The van der Waals surface area contributed by atoms with Crippen molar-refractivity contribution in [3.63, 3.8) is 0 Å². The number of hydrogen-bond donors (Lipinski definition) is 2. The Bertz CT molecular complexity index is 823. The molecule has 27 heavy (non-hydrogen) atoms. The Labute approximate surface area is 159 Å². The van der Waals surface area contributed by atoms with Crippen LogP contribution >= 0.6 is 0 Å². The van der Waals surface area contributed by atoms with Gasteiger partial charge in [0.05, 0.1) is 11.5 Å². The van der Waals surface area contributed by atoms with Crippen LogP contribution in [0.15, 0.2) is 59.5 Å². The monoisotopic (exact) mass is 392 g/mol. The molecule has 0 saturated heterocycles. The van der Waals surface area contributed by atoms with Crippen molar-refractivity contribution >= 4 is 15.9 Å². The fourth-order valence-corrected chi connectivity index (χ4v) is 3.35. The lowest BCUT2D eigenvalue weighted by Gasteiger charge is -2.13. The largest absolute Gasteiger partial charge is 0.484 e. The summed E-state index contributed by atoms with van der Waals surface area (Å²) in [7, 11) is -2.07. The molecular formula is C19H24N2O5S. The van der Waals surface area contributed by atoms with Crippen LogP contribution in [0.1, 0.15) is 12.5 Å². The van der Waals surface area contributed by atoms with E-state index in [4.69, 9.17) is 9.47 Å². The van der Waals surface area contributed by atoms with E-state index >= 15 is 0 Å². The molecule has 0 aliphatic heterocycles. The van der Waals surface area contributed by atoms with Crippen LogP contribution in [-0.4, -0.2) is 40.7 Å². The minimum absolute atomic E-state index is 0.116. The maximum Gasteiger partial charge on any atom is 0.258 e. The average Bonchev–Trinajstić information content (AvgIpc) is 2.66. The number of carbonyl (C=O) groups excluding carboxylic acids is 1. The van der Waals surface area contributed by atoms with Crippen molar-refractivity contribution in [3.05, 3.63) is 60.2 Å². The van der Waals surface area contributed by atoms with Crippen LogP contribution in [0.2, 0.25) is 0 Å². The topological polar surface area (TPSA) is 93.7 Å². The van der Waals surface area contributed by atoms with Crippen molar-refractivity contribution in [2.24, 2.45) is 0 Å². The molecule has 1 atom stereocenters. The maximum atomic E-state index is 12.3. The van der Waals surface area contributed by atoms with E-state index in [2.05, 4.69) is 10.0 Å². The van der Waals surface area contributed by atoms with Crippen molar-refractivity contribution in [1.29, 1.82) is 0 Å². The van der Waals surface area contributed by atoms with Crippen molar-refractivity contribution in [2.45, 2.75) is 24.4 Å². The van der Waals surface area contributed by atoms with E-state index in [1.807, 2.05) is 37.3 Å². The van der Waals surface area contributed by atoms with E-state index in [-0.39, 0.29) is 30.0 Å². The van der Waals surface area contributed by atoms with Gasteiger partial charge in [-0.2, -0.15) is 0 Å². The Kier molecular flexibility index (Phi) is 7.78. The molecule has 0 aromatic heterocycles. The first-order valence-electron chi connectivity index (χ1n) is 8.45. The van der Waals surface area contributed by atoms with Crippen molar-refractivity contribution in [1.82, 2.24) is 10.0 Å². The highest BCUT2D eigenvalue weighted by Crippen LogP contribution is 2.16. The van der Waals surface area contributed by atoms with E-state index in [9.17, 15) is 13.2 Å². The molecule has 8 heteroatoms. The molecule has 0 saturated carbocycles. The van der Waals surface area contributed by atoms with Gasteiger partial charge in [0.25, 0.3) is 5.91 Å². The van der Waals surface area contributed by atoms with Crippen molar-refractivity contribution < 1.29 is 22.7 Å². The molecule has 2 rings (SSSR count). The van der Waals surface area contributed by atoms with Crippen LogP contribution in [0, 0.1) is 0 Å². The number of hydrogen-bond acceptors (Lipinski definition) is 5. The van der Waals surface area contributed by atoms with Gasteiger partial charge in [0.2, 0.25) is 10.0 Å². The first kappa shape index (κ1) is 20.9. The molecule has 0 unspecified atom stereocenters. The lowest BCUT2D eigenvalue weighted by Crippen LogP contribution is -2.38. The third kappa shape index (κ3) is 7.01. The van der Waals surface area contributed by atoms with Crippen LogP contribution in [0.4, 0.5) is 0 Å². The van der Waals surface area contributed by atoms with Crippen molar-refractivity contribution in [3.8, 4) is 5.75 Å². The fourth-order valence-electron chi connectivity index (χ4n) is 2.33. The first-order chi connectivity index (χ1) is 12.9. The van der Waals surface area contributed by atoms with E-state index in [1.165, 1.54) is 24.3 Å². The average molecular weight is 392 g/mol. The number of sulfonamides is 1. The van der Waals surface area contributed by atoms with Gasteiger partial charge < -0.3 is 14.8 Å². The number of nitrogens with one attached hydrogen (secondary N) is 2. The molecule has 0 spiro atoms. The SMILES string of the molecule is COC[C@@H](C)NC(=O)COc1ccc(S(=O)(=O)NCc2ccccc2)cc1. The zero-order valence-electron chi connectivity index (χ0n) is 15.3. The van der Waals surface area contributed by atoms with E-state index in [1.54, 1.807) is 7.11 Å². The molecule has 0 aliphatic carbocycles. The Morgan fingerprint density at radius 1 is 1.07 bits per heavy atom. The standard InChI is InChI=1S/C19H24N2O5S/c1-15(13-25-2)21-19(22)14-26-17-8-10-18(11-9-17)27(23,24)20-12-16-6-4-3-5-7-16/h3-11,15,20H,12-14H2,1-2H3,(H,21,22)/t15-/m1/s1. The molecule has 0 fully saturated rings. The molecule has 146 valence electrons. The van der Waals surface area contributed by atoms with Gasteiger partial charge in [-0.25, -0.2) is 13.1 Å². The van der Waals surface area contributed by atoms with Gasteiger partial charge >= 0.3 is 0 Å². The van der Waals surface area contributed by atoms with Gasteiger partial charge in [-0.1, -0.05) is 30.3 Å². The highest BCUT2D eigenvalue weighted by atomic mass is 32.2. The molecule has 0 bridgehead atoms. The maximum absolute atomic E-state index is 12.3. The summed E-state index contributed by atoms with van der Waals surface area (Å²) in [5, 5.41) is 2.72. The number of methoxy groups -OCH3 is 1. The molecular weight excluding hydrogens is 368 g/mol. The highest BCUT2D eigenvalue weighted by molar-refractivity contribution is 7.89. The second-order valence-electron chi connectivity index (χ2n) is 5.99. The van der Waals surface area contributed by atoms with Gasteiger partial charge in [0.15, 0.2) is 6.61 Å². The Balaban J connectivity index is 1.87. The van der Waals surface area contributed by atoms with Gasteiger partial charge in [-0.05, 0) is 36.8 Å². The summed E-state index contributed by atoms with van der Waals surface area (Å²) in [5.41, 5.74) is 0.870. The summed E-state index contributed by atoms with van der Waals surface area (Å²) in [5.74, 6) is 0.132. The number of ether oxygens (including phenoxy) is 2. The summed E-state index contributed by atoms with van der Waals surface area (Å²) in [6, 6.07) is 15.1. The van der Waals surface area contributed by atoms with Gasteiger partial charge in [-0.3, -0.25) is 4.79 Å². The van der Waals surface area contributed by atoms with Gasteiger partial charge in [-0.15, -0.1) is 0 Å². The van der Waals surface area contributed by atoms with E-state index in [0.717, 1.165) is 5.56 Å². The fraction of sp³-hybridized carbons (Fsp3) is 0.316. The minimum Gasteiger partial charge on any atom is -0.484 e. The van der Waals surface area contributed by atoms with Crippen LogP contribution in [-0.2, 0) is 26.1 Å². The first-order valence-corrected chi connectivity index (χ1v) is 9.94. The molecule has 1 amide bonds. The second-order valence-corrected chi connectivity index (χ2v) is 7.76. The molecule has 2 aromatic carbocycles. The minimum atomic E-state index is -3.63. The predicted molar refractivity (Wildman–Crippen MR) is 102 cm³/mol. The van der Waals surface area contributed by atoms with E-state index < -0.39 is 10.0 Å². The van der Waals surface area contributed by atoms with Crippen LogP contribution in [0.3, 0.4) is 0 Å². The Morgan fingerprint density at radius 2 is 1.74 bits per heavy atom. The lowest BCUT2D eigenvalue weighted by atomic mass is 10.2. The quantitative estimate of drug-likeness (QED) is 0.642. The third-order valence-corrected chi connectivity index (χ3v) is 5.05. The molecule has 2 N–H and O–H groups in total. The molecule has 7 nitrogen and oxygen atoms in total. The summed E-state index contributed by atoms with van der Waals surface area (Å²) in [4.78, 5) is 11.9. The predicted octanol–water partition coefficient (Wildman–Crippen LogP) is 1.70. The zero-order valence-corrected chi connectivity index (χ0v) is 16.2. The number of amides is 1. The molecule has 0 radical (unpaired) electrons. The second kappa shape index (κ2) is 10.1. The smallest absolute Gasteiger partial charge is 0.258 e. The normalized spacial score (nSPS) is 12.4. The van der Waals surface area contributed by atoms with Crippen LogP contribution in [0.5, 0.6) is 5.75 Å². The van der Waals surface area contributed by atoms with Gasteiger partial charge in [0, 0.05) is 19.7 Å². The summed E-state index contributed by atoms with van der Waals surface area (Å²) in [6.07, 6.45) is 0. The Morgan fingerprint density at radius 3 is 2.37 bits per heavy atom. The van der Waals surface area contributed by atoms with Crippen LogP contribution < -0.4 is 14.8 Å². The number of carbonyl (C=O) groups is 1. The molecule has 0 heterocycles. The molecule has 2 aromatic rings. The Hall–Kier alpha value is -2.42. The lowest BCUT2D eigenvalue weighted by molar-refractivity contribution is -0.124. The van der Waals surface area contributed by atoms with Crippen LogP contribution in [0.25, 0.3) is 0 Å². The van der Waals surface area contributed by atoms with Crippen molar-refractivity contribution in [2.75, 3.05) is 20.3 Å². The zero-order chi connectivity index (χ0) is 19.7. The molecule has 0 aliphatic rings. The van der Waals surface area contributed by atoms with E-state index in [0.29, 0.717) is 12.4 Å².